The van der Waals surface area contributed by atoms with Gasteiger partial charge in [-0.1, -0.05) is 17.7 Å². The number of aryl methyl sites for hydroxylation is 1. The lowest BCUT2D eigenvalue weighted by atomic mass is 10.2. The summed E-state index contributed by atoms with van der Waals surface area (Å²) >= 11 is 0. The molecule has 1 heterocycles. The second-order valence-electron chi connectivity index (χ2n) is 5.55. The third-order valence-corrected chi connectivity index (χ3v) is 5.48. The summed E-state index contributed by atoms with van der Waals surface area (Å²) in [7, 11) is -2.05. The Morgan fingerprint density at radius 3 is 2.43 bits per heavy atom. The highest BCUT2D eigenvalue weighted by atomic mass is 32.2. The molecule has 1 aromatic carbocycles. The number of hydrogen-bond donors (Lipinski definition) is 1. The van der Waals surface area contributed by atoms with Crippen molar-refractivity contribution >= 4 is 15.9 Å². The summed E-state index contributed by atoms with van der Waals surface area (Å²) in [6, 6.07) is 7.94. The summed E-state index contributed by atoms with van der Waals surface area (Å²) in [5.74, 6) is -0.263. The van der Waals surface area contributed by atoms with E-state index in [9.17, 15) is 13.2 Å². The molecule has 1 unspecified atom stereocenters. The second kappa shape index (κ2) is 6.55. The van der Waals surface area contributed by atoms with Gasteiger partial charge in [0.2, 0.25) is 0 Å². The molecule has 0 aliphatic rings. The number of aromatic nitrogens is 1. The summed E-state index contributed by atoms with van der Waals surface area (Å²) in [5, 5.41) is 0. The van der Waals surface area contributed by atoms with E-state index in [2.05, 4.69) is 0 Å². The maximum atomic E-state index is 12.6. The highest BCUT2D eigenvalue weighted by molar-refractivity contribution is 7.90. The van der Waals surface area contributed by atoms with Gasteiger partial charge in [-0.3, -0.25) is 4.79 Å². The van der Waals surface area contributed by atoms with Gasteiger partial charge in [0.05, 0.1) is 10.5 Å². The fourth-order valence-corrected chi connectivity index (χ4v) is 3.24. The van der Waals surface area contributed by atoms with Gasteiger partial charge in [-0.15, -0.1) is 0 Å². The Morgan fingerprint density at radius 1 is 1.26 bits per heavy atom. The monoisotopic (exact) mass is 335 g/mol. The Hall–Kier alpha value is -2.12. The summed E-state index contributed by atoms with van der Waals surface area (Å²) in [5.41, 5.74) is 6.84. The first-order valence-electron chi connectivity index (χ1n) is 7.25. The first-order valence-corrected chi connectivity index (χ1v) is 8.69. The number of amides is 1. The molecule has 124 valence electrons. The number of carbonyl (C=O) groups is 1. The smallest absolute Gasteiger partial charge is 0.267 e. The van der Waals surface area contributed by atoms with Gasteiger partial charge in [0.25, 0.3) is 15.9 Å². The molecule has 0 spiro atoms. The second-order valence-corrected chi connectivity index (χ2v) is 7.39. The van der Waals surface area contributed by atoms with Crippen LogP contribution < -0.4 is 5.73 Å². The highest BCUT2D eigenvalue weighted by Gasteiger charge is 2.21. The zero-order valence-corrected chi connectivity index (χ0v) is 14.2. The molecular formula is C16H21N3O3S. The molecule has 2 rings (SSSR count). The summed E-state index contributed by atoms with van der Waals surface area (Å²) in [4.78, 5) is 14.0. The molecule has 0 saturated heterocycles. The molecule has 0 radical (unpaired) electrons. The Kier molecular flexibility index (Phi) is 4.91. The van der Waals surface area contributed by atoms with Gasteiger partial charge in [0.15, 0.2) is 0 Å². The maximum Gasteiger partial charge on any atom is 0.267 e. The van der Waals surface area contributed by atoms with Gasteiger partial charge in [-0.05, 0) is 32.0 Å². The minimum Gasteiger partial charge on any atom is -0.338 e. The van der Waals surface area contributed by atoms with Crippen LogP contribution in [0.25, 0.3) is 0 Å². The lowest BCUT2D eigenvalue weighted by molar-refractivity contribution is 0.0748. The van der Waals surface area contributed by atoms with Crippen molar-refractivity contribution in [1.82, 2.24) is 8.87 Å². The topological polar surface area (TPSA) is 85.4 Å². The fraction of sp³-hybridized carbons (Fsp3) is 0.312. The normalized spacial score (nSPS) is 12.9. The standard InChI is InChI=1S/C16H21N3O3S/c1-12-4-6-15(7-5-12)23(21,22)19-9-8-14(11-19)16(20)18(3)13(2)10-17/h4-9,11,13H,10,17H2,1-3H3. The third-order valence-electron chi connectivity index (χ3n) is 3.83. The first kappa shape index (κ1) is 17.2. The van der Waals surface area contributed by atoms with Crippen molar-refractivity contribution in [2.24, 2.45) is 5.73 Å². The Labute approximate surface area is 136 Å². The van der Waals surface area contributed by atoms with Crippen LogP contribution in [-0.2, 0) is 10.0 Å². The average molecular weight is 335 g/mol. The lowest BCUT2D eigenvalue weighted by Gasteiger charge is -2.23. The van der Waals surface area contributed by atoms with Crippen LogP contribution in [0.3, 0.4) is 0 Å². The minimum absolute atomic E-state index is 0.125. The van der Waals surface area contributed by atoms with Crippen molar-refractivity contribution in [3.8, 4) is 0 Å². The summed E-state index contributed by atoms with van der Waals surface area (Å²) < 4.78 is 26.2. The minimum atomic E-state index is -3.70. The highest BCUT2D eigenvalue weighted by Crippen LogP contribution is 2.17. The molecule has 0 aliphatic heterocycles. The van der Waals surface area contributed by atoms with E-state index < -0.39 is 10.0 Å². The number of hydrogen-bond acceptors (Lipinski definition) is 4. The van der Waals surface area contributed by atoms with Crippen molar-refractivity contribution in [2.45, 2.75) is 24.8 Å². The lowest BCUT2D eigenvalue weighted by Crippen LogP contribution is -2.39. The van der Waals surface area contributed by atoms with Gasteiger partial charge in [-0.25, -0.2) is 12.4 Å². The first-order chi connectivity index (χ1) is 10.8. The molecule has 2 aromatic rings. The fourth-order valence-electron chi connectivity index (χ4n) is 2.05. The van der Waals surface area contributed by atoms with Gasteiger partial charge >= 0.3 is 0 Å². The molecule has 7 heteroatoms. The number of likely N-dealkylation sites (N-methyl/N-ethyl adjacent to an activating group) is 1. The van der Waals surface area contributed by atoms with E-state index in [1.54, 1.807) is 31.3 Å². The molecule has 1 amide bonds. The average Bonchev–Trinajstić information content (AvgIpc) is 3.03. The van der Waals surface area contributed by atoms with E-state index in [4.69, 9.17) is 5.73 Å². The maximum absolute atomic E-state index is 12.6. The van der Waals surface area contributed by atoms with Crippen molar-refractivity contribution in [1.29, 1.82) is 0 Å². The quantitative estimate of drug-likeness (QED) is 0.896. The van der Waals surface area contributed by atoms with Gasteiger partial charge < -0.3 is 10.6 Å². The van der Waals surface area contributed by atoms with E-state index in [-0.39, 0.29) is 16.8 Å². The van der Waals surface area contributed by atoms with Gasteiger partial charge in [0.1, 0.15) is 0 Å². The molecule has 2 N–H and O–H groups in total. The van der Waals surface area contributed by atoms with Crippen molar-refractivity contribution in [3.63, 3.8) is 0 Å². The molecule has 0 aliphatic carbocycles. The molecule has 0 fully saturated rings. The van der Waals surface area contributed by atoms with E-state index in [0.717, 1.165) is 9.54 Å². The van der Waals surface area contributed by atoms with Crippen LogP contribution in [0.1, 0.15) is 22.8 Å². The number of nitrogens with two attached hydrogens (primary N) is 1. The van der Waals surface area contributed by atoms with Crippen molar-refractivity contribution in [3.05, 3.63) is 53.9 Å². The van der Waals surface area contributed by atoms with Crippen LogP contribution in [0.2, 0.25) is 0 Å². The molecular weight excluding hydrogens is 314 g/mol. The number of rotatable bonds is 5. The van der Waals surface area contributed by atoms with E-state index in [1.807, 2.05) is 13.8 Å². The molecule has 0 saturated carbocycles. The molecule has 0 bridgehead atoms. The largest absolute Gasteiger partial charge is 0.338 e. The summed E-state index contributed by atoms with van der Waals surface area (Å²) in [6.45, 7) is 4.06. The zero-order chi connectivity index (χ0) is 17.2. The van der Waals surface area contributed by atoms with Crippen LogP contribution in [0.15, 0.2) is 47.6 Å². The Morgan fingerprint density at radius 2 is 1.87 bits per heavy atom. The third kappa shape index (κ3) is 3.46. The van der Waals surface area contributed by atoms with Crippen molar-refractivity contribution in [2.75, 3.05) is 13.6 Å². The molecule has 23 heavy (non-hydrogen) atoms. The summed E-state index contributed by atoms with van der Waals surface area (Å²) in [6.07, 6.45) is 2.71. The predicted molar refractivity (Wildman–Crippen MR) is 88.8 cm³/mol. The van der Waals surface area contributed by atoms with E-state index in [1.165, 1.54) is 23.4 Å². The zero-order valence-electron chi connectivity index (χ0n) is 13.4. The van der Waals surface area contributed by atoms with Crippen LogP contribution in [0, 0.1) is 6.92 Å². The predicted octanol–water partition coefficient (Wildman–Crippen LogP) is 1.45. The van der Waals surface area contributed by atoms with Crippen molar-refractivity contribution < 1.29 is 13.2 Å². The van der Waals surface area contributed by atoms with Crippen LogP contribution in [0.5, 0.6) is 0 Å². The Balaban J connectivity index is 2.31. The van der Waals surface area contributed by atoms with Crippen LogP contribution >= 0.6 is 0 Å². The molecule has 6 nitrogen and oxygen atoms in total. The Bertz CT molecular complexity index is 794. The van der Waals surface area contributed by atoms with Gasteiger partial charge in [-0.2, -0.15) is 0 Å². The van der Waals surface area contributed by atoms with Crippen LogP contribution in [0.4, 0.5) is 0 Å². The number of benzene rings is 1. The van der Waals surface area contributed by atoms with E-state index in [0.29, 0.717) is 12.1 Å². The van der Waals surface area contributed by atoms with E-state index >= 15 is 0 Å². The SMILES string of the molecule is Cc1ccc(S(=O)(=O)n2ccc(C(=O)N(C)C(C)CN)c2)cc1. The number of carbonyl (C=O) groups excluding carboxylic acids is 1. The number of nitrogens with zero attached hydrogens (tertiary/aromatic N) is 2. The molecule has 1 atom stereocenters. The molecule has 1 aromatic heterocycles. The van der Waals surface area contributed by atoms with Crippen LogP contribution in [-0.4, -0.2) is 42.8 Å². The van der Waals surface area contributed by atoms with Gasteiger partial charge in [0, 0.05) is 32.0 Å².